The fourth-order valence-corrected chi connectivity index (χ4v) is 4.97. The number of carbonyl (C=O) groups is 3. The Kier molecular flexibility index (Phi) is 7.72. The Morgan fingerprint density at radius 2 is 1.59 bits per heavy atom. The van der Waals surface area contributed by atoms with Gasteiger partial charge in [-0.15, -0.1) is 0 Å². The molecule has 0 radical (unpaired) electrons. The Bertz CT molecular complexity index is 1210. The molecule has 0 atom stereocenters. The third-order valence-corrected chi connectivity index (χ3v) is 7.37. The van der Waals surface area contributed by atoms with E-state index < -0.39 is 57.4 Å². The first-order chi connectivity index (χ1) is 16.0. The Balaban J connectivity index is 1.51. The van der Waals surface area contributed by atoms with Crippen LogP contribution in [0.5, 0.6) is 0 Å². The molecule has 0 aromatic heterocycles. The van der Waals surface area contributed by atoms with Gasteiger partial charge in [0.1, 0.15) is 0 Å². The summed E-state index contributed by atoms with van der Waals surface area (Å²) in [7, 11) is -3.79. The van der Waals surface area contributed by atoms with Crippen LogP contribution in [0, 0.1) is 23.4 Å². The van der Waals surface area contributed by atoms with Crippen molar-refractivity contribution in [2.75, 3.05) is 25.0 Å². The number of anilines is 1. The molecule has 3 rings (SSSR count). The van der Waals surface area contributed by atoms with Crippen molar-refractivity contribution >= 4 is 33.3 Å². The highest BCUT2D eigenvalue weighted by Gasteiger charge is 2.32. The van der Waals surface area contributed by atoms with Gasteiger partial charge in [-0.1, -0.05) is 12.1 Å². The molecule has 34 heavy (non-hydrogen) atoms. The van der Waals surface area contributed by atoms with Crippen LogP contribution in [-0.4, -0.2) is 50.0 Å². The highest BCUT2D eigenvalue weighted by atomic mass is 32.2. The van der Waals surface area contributed by atoms with Crippen molar-refractivity contribution in [2.24, 2.45) is 5.92 Å². The maximum absolute atomic E-state index is 13.6. The predicted molar refractivity (Wildman–Crippen MR) is 116 cm³/mol. The second-order valence-electron chi connectivity index (χ2n) is 7.75. The minimum atomic E-state index is -3.79. The molecule has 0 aliphatic carbocycles. The third kappa shape index (κ3) is 5.62. The molecular weight excluding hydrogens is 475 g/mol. The quantitative estimate of drug-likeness (QED) is 0.451. The average Bonchev–Trinajstić information content (AvgIpc) is 2.83. The van der Waals surface area contributed by atoms with Crippen molar-refractivity contribution in [3.8, 4) is 0 Å². The first-order valence-corrected chi connectivity index (χ1v) is 11.8. The number of hydrogen-bond donors (Lipinski definition) is 2. The number of piperidine rings is 1. The van der Waals surface area contributed by atoms with Gasteiger partial charge in [-0.25, -0.2) is 21.6 Å². The van der Waals surface area contributed by atoms with Crippen molar-refractivity contribution in [3.05, 3.63) is 59.4 Å². The molecule has 2 amide bonds. The summed E-state index contributed by atoms with van der Waals surface area (Å²) in [5.74, 6) is -6.72. The Labute approximate surface area is 194 Å². The number of carbonyl (C=O) groups excluding carboxylic acids is 3. The first kappa shape index (κ1) is 25.4. The van der Waals surface area contributed by atoms with Gasteiger partial charge in [0.25, 0.3) is 0 Å². The molecule has 2 aromatic carbocycles. The number of halogens is 3. The second kappa shape index (κ2) is 10.3. The molecule has 0 saturated carbocycles. The van der Waals surface area contributed by atoms with E-state index in [-0.39, 0.29) is 36.6 Å². The van der Waals surface area contributed by atoms with Gasteiger partial charge >= 0.3 is 0 Å². The minimum absolute atomic E-state index is 0.0431. The van der Waals surface area contributed by atoms with Crippen molar-refractivity contribution in [1.29, 1.82) is 0 Å². The van der Waals surface area contributed by atoms with Crippen LogP contribution in [0.4, 0.5) is 18.9 Å². The predicted octanol–water partition coefficient (Wildman–Crippen LogP) is 2.46. The Hall–Kier alpha value is -3.25. The molecular formula is C22H22F3N3O5S. The molecule has 0 spiro atoms. The number of sulfonamides is 1. The van der Waals surface area contributed by atoms with Crippen LogP contribution in [0.3, 0.4) is 0 Å². The summed E-state index contributed by atoms with van der Waals surface area (Å²) in [6.07, 6.45) is 0.437. The van der Waals surface area contributed by atoms with Crippen molar-refractivity contribution in [3.63, 3.8) is 0 Å². The first-order valence-electron chi connectivity index (χ1n) is 10.3. The fourth-order valence-electron chi connectivity index (χ4n) is 3.50. The van der Waals surface area contributed by atoms with Gasteiger partial charge in [-0.3, -0.25) is 14.4 Å². The number of nitrogens with one attached hydrogen (secondary N) is 2. The lowest BCUT2D eigenvalue weighted by atomic mass is 9.97. The Morgan fingerprint density at radius 3 is 2.18 bits per heavy atom. The summed E-state index contributed by atoms with van der Waals surface area (Å²) in [5.41, 5.74) is -0.168. The van der Waals surface area contributed by atoms with Crippen molar-refractivity contribution in [1.82, 2.24) is 9.62 Å². The number of rotatable bonds is 7. The van der Waals surface area contributed by atoms with Crippen LogP contribution in [-0.2, 0) is 19.6 Å². The van der Waals surface area contributed by atoms with Gasteiger partial charge in [-0.05, 0) is 44.0 Å². The molecule has 1 saturated heterocycles. The van der Waals surface area contributed by atoms with Crippen LogP contribution in [0.15, 0.2) is 41.3 Å². The summed E-state index contributed by atoms with van der Waals surface area (Å²) < 4.78 is 66.7. The zero-order valence-corrected chi connectivity index (χ0v) is 18.9. The number of amides is 2. The minimum Gasteiger partial charge on any atom is -0.347 e. The lowest BCUT2D eigenvalue weighted by Crippen LogP contribution is -2.44. The molecule has 2 aromatic rings. The van der Waals surface area contributed by atoms with Gasteiger partial charge < -0.3 is 10.6 Å². The molecule has 2 N–H and O–H groups in total. The van der Waals surface area contributed by atoms with Crippen LogP contribution >= 0.6 is 0 Å². The molecule has 1 aliphatic heterocycles. The van der Waals surface area contributed by atoms with E-state index in [1.54, 1.807) is 0 Å². The zero-order valence-electron chi connectivity index (χ0n) is 18.1. The van der Waals surface area contributed by atoms with Crippen LogP contribution in [0.1, 0.15) is 30.1 Å². The van der Waals surface area contributed by atoms with Gasteiger partial charge in [-0.2, -0.15) is 4.31 Å². The number of ketones is 1. The average molecular weight is 497 g/mol. The zero-order chi connectivity index (χ0) is 25.0. The molecule has 1 heterocycles. The SMILES string of the molecule is CC(=O)c1ccc(S(=O)(=O)N2CCC(C(=O)NCC(=O)Nc3ccc(F)c(F)c3F)CC2)cc1. The summed E-state index contributed by atoms with van der Waals surface area (Å²) >= 11 is 0. The fraction of sp³-hybridized carbons (Fsp3) is 0.318. The summed E-state index contributed by atoms with van der Waals surface area (Å²) in [6.45, 7) is 1.02. The van der Waals surface area contributed by atoms with E-state index in [0.29, 0.717) is 11.6 Å². The van der Waals surface area contributed by atoms with E-state index in [2.05, 4.69) is 5.32 Å². The lowest BCUT2D eigenvalue weighted by Gasteiger charge is -2.30. The van der Waals surface area contributed by atoms with E-state index >= 15 is 0 Å². The monoisotopic (exact) mass is 497 g/mol. The number of benzene rings is 2. The van der Waals surface area contributed by atoms with Crippen LogP contribution in [0.2, 0.25) is 0 Å². The van der Waals surface area contributed by atoms with E-state index in [0.717, 1.165) is 6.07 Å². The van der Waals surface area contributed by atoms with Crippen molar-refractivity contribution in [2.45, 2.75) is 24.7 Å². The van der Waals surface area contributed by atoms with Gasteiger partial charge in [0.15, 0.2) is 23.2 Å². The molecule has 1 fully saturated rings. The smallest absolute Gasteiger partial charge is 0.243 e. The number of nitrogens with zero attached hydrogens (tertiary/aromatic N) is 1. The van der Waals surface area contributed by atoms with Crippen LogP contribution < -0.4 is 10.6 Å². The van der Waals surface area contributed by atoms with E-state index in [4.69, 9.17) is 0 Å². The normalized spacial score (nSPS) is 15.1. The summed E-state index contributed by atoms with van der Waals surface area (Å²) in [5, 5.41) is 4.43. The van der Waals surface area contributed by atoms with E-state index in [1.165, 1.54) is 35.5 Å². The number of hydrogen-bond acceptors (Lipinski definition) is 5. The molecule has 182 valence electrons. The highest BCUT2D eigenvalue weighted by molar-refractivity contribution is 7.89. The van der Waals surface area contributed by atoms with Gasteiger partial charge in [0, 0.05) is 24.6 Å². The number of Topliss-reactive ketones (excluding diaryl/α,β-unsaturated/α-hetero) is 1. The molecule has 0 unspecified atom stereocenters. The Morgan fingerprint density at radius 1 is 0.971 bits per heavy atom. The molecule has 8 nitrogen and oxygen atoms in total. The highest BCUT2D eigenvalue weighted by Crippen LogP contribution is 2.24. The van der Waals surface area contributed by atoms with Gasteiger partial charge in [0.05, 0.1) is 17.1 Å². The maximum Gasteiger partial charge on any atom is 0.243 e. The van der Waals surface area contributed by atoms with E-state index in [1.807, 2.05) is 5.32 Å². The standard InChI is InChI=1S/C22H22F3N3O5S/c1-13(29)14-2-4-16(5-3-14)34(32,33)28-10-8-15(9-11-28)22(31)26-12-19(30)27-18-7-6-17(23)20(24)21(18)25/h2-7,15H,8-12H2,1H3,(H,26,31)(H,27,30). The van der Waals surface area contributed by atoms with Crippen molar-refractivity contribution < 1.29 is 36.0 Å². The third-order valence-electron chi connectivity index (χ3n) is 5.46. The second-order valence-corrected chi connectivity index (χ2v) is 9.69. The molecule has 0 bridgehead atoms. The summed E-state index contributed by atoms with van der Waals surface area (Å²) in [4.78, 5) is 35.7. The largest absolute Gasteiger partial charge is 0.347 e. The van der Waals surface area contributed by atoms with E-state index in [9.17, 15) is 36.0 Å². The summed E-state index contributed by atoms with van der Waals surface area (Å²) in [6, 6.07) is 7.11. The molecule has 1 aliphatic rings. The molecule has 12 heteroatoms. The van der Waals surface area contributed by atoms with Crippen LogP contribution in [0.25, 0.3) is 0 Å². The maximum atomic E-state index is 13.6. The lowest BCUT2D eigenvalue weighted by molar-refractivity contribution is -0.128. The topological polar surface area (TPSA) is 113 Å². The van der Waals surface area contributed by atoms with Gasteiger partial charge in [0.2, 0.25) is 21.8 Å².